The molecule has 1 atom stereocenters. The molecule has 1 rings (SSSR count). The van der Waals surface area contributed by atoms with Crippen LogP contribution in [0.2, 0.25) is 0 Å². The van der Waals surface area contributed by atoms with Crippen molar-refractivity contribution in [1.82, 2.24) is 0 Å². The lowest BCUT2D eigenvalue weighted by molar-refractivity contribution is 0.191. The minimum Gasteiger partial charge on any atom is -0.395 e. The summed E-state index contributed by atoms with van der Waals surface area (Å²) in [6.07, 6.45) is 11.9. The smallest absolute Gasteiger partial charge is 0.0556 e. The first kappa shape index (κ1) is 8.54. The molecule has 0 unspecified atom stereocenters. The Bertz CT molecular complexity index is 170. The fraction of sp³-hybridized carbons (Fsp3) is 0.600. The van der Waals surface area contributed by atoms with Crippen LogP contribution in [0.15, 0.2) is 24.3 Å². The Morgan fingerprint density at radius 2 is 2.45 bits per heavy atom. The third kappa shape index (κ3) is 1.93. The van der Waals surface area contributed by atoms with Gasteiger partial charge in [0.1, 0.15) is 0 Å². The van der Waals surface area contributed by atoms with E-state index < -0.39 is 0 Å². The Hall–Kier alpha value is -0.560. The number of rotatable bonds is 2. The lowest BCUT2D eigenvalue weighted by Gasteiger charge is -2.27. The molecule has 1 nitrogen and oxygen atoms in total. The van der Waals surface area contributed by atoms with Crippen molar-refractivity contribution in [3.63, 3.8) is 0 Å². The maximum Gasteiger partial charge on any atom is 0.0556 e. The zero-order valence-electron chi connectivity index (χ0n) is 7.09. The first-order valence-corrected chi connectivity index (χ1v) is 4.25. The van der Waals surface area contributed by atoms with Gasteiger partial charge in [-0.05, 0) is 26.2 Å². The Morgan fingerprint density at radius 1 is 1.64 bits per heavy atom. The van der Waals surface area contributed by atoms with Crippen molar-refractivity contribution >= 4 is 0 Å². The van der Waals surface area contributed by atoms with Crippen LogP contribution >= 0.6 is 0 Å². The summed E-state index contributed by atoms with van der Waals surface area (Å²) in [5, 5.41) is 9.17. The molecule has 0 spiro atoms. The van der Waals surface area contributed by atoms with Crippen LogP contribution in [0.5, 0.6) is 0 Å². The molecule has 11 heavy (non-hydrogen) atoms. The molecule has 62 valence electrons. The highest BCUT2D eigenvalue weighted by molar-refractivity contribution is 5.13. The van der Waals surface area contributed by atoms with Crippen molar-refractivity contribution in [2.75, 3.05) is 6.61 Å². The average Bonchev–Trinajstić information content (AvgIpc) is 2.07. The summed E-state index contributed by atoms with van der Waals surface area (Å²) in [6, 6.07) is 0. The summed E-state index contributed by atoms with van der Waals surface area (Å²) in [6.45, 7) is 2.24. The molecule has 0 saturated carbocycles. The molecule has 0 amide bonds. The van der Waals surface area contributed by atoms with Crippen LogP contribution in [-0.4, -0.2) is 11.7 Å². The minimum atomic E-state index is -0.0347. The number of aliphatic hydroxyl groups is 1. The van der Waals surface area contributed by atoms with Crippen LogP contribution in [0.4, 0.5) is 0 Å². The van der Waals surface area contributed by atoms with Crippen LogP contribution < -0.4 is 0 Å². The maximum atomic E-state index is 9.17. The first-order valence-electron chi connectivity index (χ1n) is 4.25. The van der Waals surface area contributed by atoms with Gasteiger partial charge in [0.15, 0.2) is 0 Å². The molecule has 0 saturated heterocycles. The van der Waals surface area contributed by atoms with E-state index in [0.717, 1.165) is 6.42 Å². The summed E-state index contributed by atoms with van der Waals surface area (Å²) in [5.41, 5.74) is -0.0347. The van der Waals surface area contributed by atoms with Crippen LogP contribution in [0.25, 0.3) is 0 Å². The normalized spacial score (nSPS) is 31.5. The molecule has 0 aromatic heterocycles. The predicted molar refractivity (Wildman–Crippen MR) is 47.3 cm³/mol. The van der Waals surface area contributed by atoms with Crippen LogP contribution in [-0.2, 0) is 0 Å². The second-order valence-corrected chi connectivity index (χ2v) is 3.19. The SMILES string of the molecule is C/C=C/[C@@]1(CO)C=CCCC1. The van der Waals surface area contributed by atoms with E-state index in [-0.39, 0.29) is 12.0 Å². The van der Waals surface area contributed by atoms with E-state index in [1.807, 2.05) is 13.0 Å². The second kappa shape index (κ2) is 3.72. The van der Waals surface area contributed by atoms with Gasteiger partial charge >= 0.3 is 0 Å². The molecular formula is C10H16O. The Labute approximate surface area is 68.4 Å². The summed E-state index contributed by atoms with van der Waals surface area (Å²) in [5.74, 6) is 0. The third-order valence-corrected chi connectivity index (χ3v) is 2.26. The molecule has 0 aromatic carbocycles. The molecule has 0 radical (unpaired) electrons. The minimum absolute atomic E-state index is 0.0347. The molecule has 0 aliphatic heterocycles. The molecule has 0 fully saturated rings. The van der Waals surface area contributed by atoms with Gasteiger partial charge in [-0.1, -0.05) is 24.3 Å². The van der Waals surface area contributed by atoms with Crippen LogP contribution in [0.1, 0.15) is 26.2 Å². The summed E-state index contributed by atoms with van der Waals surface area (Å²) < 4.78 is 0. The third-order valence-electron chi connectivity index (χ3n) is 2.26. The molecular weight excluding hydrogens is 136 g/mol. The Kier molecular flexibility index (Phi) is 2.89. The highest BCUT2D eigenvalue weighted by atomic mass is 16.3. The number of hydrogen-bond acceptors (Lipinski definition) is 1. The van der Waals surface area contributed by atoms with E-state index in [9.17, 15) is 5.11 Å². The largest absolute Gasteiger partial charge is 0.395 e. The van der Waals surface area contributed by atoms with Gasteiger partial charge in [0.25, 0.3) is 0 Å². The molecule has 1 aliphatic carbocycles. The lowest BCUT2D eigenvalue weighted by Crippen LogP contribution is -2.21. The highest BCUT2D eigenvalue weighted by Crippen LogP contribution is 2.31. The Balaban J connectivity index is 2.72. The number of hydrogen-bond donors (Lipinski definition) is 1. The van der Waals surface area contributed by atoms with Crippen molar-refractivity contribution < 1.29 is 5.11 Å². The maximum absolute atomic E-state index is 9.17. The topological polar surface area (TPSA) is 20.2 Å². The van der Waals surface area contributed by atoms with Gasteiger partial charge in [-0.3, -0.25) is 0 Å². The zero-order chi connectivity index (χ0) is 8.16. The van der Waals surface area contributed by atoms with Crippen molar-refractivity contribution in [1.29, 1.82) is 0 Å². The van der Waals surface area contributed by atoms with E-state index in [1.165, 1.54) is 12.8 Å². The van der Waals surface area contributed by atoms with Crippen molar-refractivity contribution in [2.45, 2.75) is 26.2 Å². The number of allylic oxidation sites excluding steroid dienone is 2. The quantitative estimate of drug-likeness (QED) is 0.602. The van der Waals surface area contributed by atoms with Gasteiger partial charge in [-0.15, -0.1) is 0 Å². The lowest BCUT2D eigenvalue weighted by atomic mass is 9.79. The predicted octanol–water partition coefficient (Wildman–Crippen LogP) is 2.28. The van der Waals surface area contributed by atoms with Crippen LogP contribution in [0.3, 0.4) is 0 Å². The van der Waals surface area contributed by atoms with Gasteiger partial charge in [0.05, 0.1) is 6.61 Å². The van der Waals surface area contributed by atoms with Crippen molar-refractivity contribution in [3.8, 4) is 0 Å². The van der Waals surface area contributed by atoms with E-state index in [0.29, 0.717) is 0 Å². The van der Waals surface area contributed by atoms with Crippen LogP contribution in [0, 0.1) is 5.41 Å². The van der Waals surface area contributed by atoms with Gasteiger partial charge < -0.3 is 5.11 Å². The monoisotopic (exact) mass is 152 g/mol. The Morgan fingerprint density at radius 3 is 2.91 bits per heavy atom. The van der Waals surface area contributed by atoms with E-state index in [4.69, 9.17) is 0 Å². The zero-order valence-corrected chi connectivity index (χ0v) is 7.09. The molecule has 0 bridgehead atoms. The second-order valence-electron chi connectivity index (χ2n) is 3.19. The van der Waals surface area contributed by atoms with Gasteiger partial charge in [0.2, 0.25) is 0 Å². The van der Waals surface area contributed by atoms with Gasteiger partial charge in [0, 0.05) is 5.41 Å². The van der Waals surface area contributed by atoms with Gasteiger partial charge in [-0.2, -0.15) is 0 Å². The summed E-state index contributed by atoms with van der Waals surface area (Å²) in [4.78, 5) is 0. The van der Waals surface area contributed by atoms with Crippen molar-refractivity contribution in [2.24, 2.45) is 5.41 Å². The van der Waals surface area contributed by atoms with E-state index in [2.05, 4.69) is 18.2 Å². The fourth-order valence-corrected chi connectivity index (χ4v) is 1.61. The van der Waals surface area contributed by atoms with Gasteiger partial charge in [-0.25, -0.2) is 0 Å². The standard InChI is InChI=1S/C10H16O/c1-2-6-10(9-11)7-4-3-5-8-10/h2,4,6-7,11H,3,5,8-9H2,1H3/b6-2+/t10-/m1/s1. The molecule has 0 aromatic rings. The first-order chi connectivity index (χ1) is 5.33. The van der Waals surface area contributed by atoms with E-state index >= 15 is 0 Å². The number of aliphatic hydroxyl groups excluding tert-OH is 1. The molecule has 1 aliphatic rings. The average molecular weight is 152 g/mol. The molecule has 0 heterocycles. The molecule has 1 N–H and O–H groups in total. The fourth-order valence-electron chi connectivity index (χ4n) is 1.61. The highest BCUT2D eigenvalue weighted by Gasteiger charge is 2.23. The summed E-state index contributed by atoms with van der Waals surface area (Å²) >= 11 is 0. The molecule has 1 heteroatoms. The van der Waals surface area contributed by atoms with E-state index in [1.54, 1.807) is 0 Å². The summed E-state index contributed by atoms with van der Waals surface area (Å²) in [7, 11) is 0. The van der Waals surface area contributed by atoms with Crippen molar-refractivity contribution in [3.05, 3.63) is 24.3 Å².